The third-order valence-corrected chi connectivity index (χ3v) is 7.87. The van der Waals surface area contributed by atoms with Gasteiger partial charge in [-0.05, 0) is 68.5 Å². The average Bonchev–Trinajstić information content (AvgIpc) is 3.31. The lowest BCUT2D eigenvalue weighted by atomic mass is 9.94. The van der Waals surface area contributed by atoms with Gasteiger partial charge in [-0.25, -0.2) is 4.68 Å². The zero-order valence-electron chi connectivity index (χ0n) is 23.1. The number of hydrogen-bond donors (Lipinski definition) is 2. The molecule has 7 nitrogen and oxygen atoms in total. The van der Waals surface area contributed by atoms with Crippen molar-refractivity contribution in [1.29, 1.82) is 0 Å². The van der Waals surface area contributed by atoms with E-state index >= 15 is 0 Å². The van der Waals surface area contributed by atoms with Crippen molar-refractivity contribution in [2.45, 2.75) is 77.9 Å². The van der Waals surface area contributed by atoms with E-state index in [0.29, 0.717) is 23.3 Å². The molecule has 1 aromatic heterocycles. The summed E-state index contributed by atoms with van der Waals surface area (Å²) in [6, 6.07) is 13.5. The fourth-order valence-electron chi connectivity index (χ4n) is 4.53. The maximum absolute atomic E-state index is 13.8. The van der Waals surface area contributed by atoms with Crippen molar-refractivity contribution < 1.29 is 9.53 Å². The number of aromatic nitrogens is 3. The average molecular weight is 534 g/mol. The van der Waals surface area contributed by atoms with Gasteiger partial charge >= 0.3 is 0 Å². The van der Waals surface area contributed by atoms with Crippen LogP contribution in [-0.2, 0) is 4.79 Å². The molecule has 1 aliphatic heterocycles. The van der Waals surface area contributed by atoms with E-state index in [1.807, 2.05) is 67.9 Å². The number of thioether (sulfide) groups is 1. The van der Waals surface area contributed by atoms with Gasteiger partial charge in [0, 0.05) is 17.1 Å². The number of aryl methyl sites for hydroxylation is 1. The van der Waals surface area contributed by atoms with Gasteiger partial charge < -0.3 is 15.4 Å². The maximum Gasteiger partial charge on any atom is 0.255 e. The van der Waals surface area contributed by atoms with Gasteiger partial charge in [-0.2, -0.15) is 4.98 Å². The minimum Gasteiger partial charge on any atom is -0.494 e. The summed E-state index contributed by atoms with van der Waals surface area (Å²) in [6.45, 7) is 11.1. The number of hydrogen-bond acceptors (Lipinski definition) is 6. The molecule has 2 aromatic carbocycles. The number of nitrogens with zero attached hydrogens (tertiary/aromatic N) is 3. The summed E-state index contributed by atoms with van der Waals surface area (Å²) in [4.78, 5) is 18.5. The number of nitrogens with one attached hydrogen (secondary N) is 2. The van der Waals surface area contributed by atoms with Gasteiger partial charge in [-0.3, -0.25) is 4.79 Å². The van der Waals surface area contributed by atoms with Gasteiger partial charge in [-0.15, -0.1) is 5.10 Å². The largest absolute Gasteiger partial charge is 0.494 e. The number of carbonyl (C=O) groups excluding carboxylic acids is 1. The van der Waals surface area contributed by atoms with Crippen molar-refractivity contribution in [1.82, 2.24) is 14.8 Å². The van der Waals surface area contributed by atoms with E-state index in [1.165, 1.54) is 19.3 Å². The Hall–Kier alpha value is -3.26. The molecule has 0 spiro atoms. The summed E-state index contributed by atoms with van der Waals surface area (Å²) in [7, 11) is 0. The third-order valence-electron chi connectivity index (χ3n) is 6.83. The van der Waals surface area contributed by atoms with Gasteiger partial charge in [-0.1, -0.05) is 69.1 Å². The number of ether oxygens (including phenoxy) is 1. The van der Waals surface area contributed by atoms with Crippen molar-refractivity contribution in [2.75, 3.05) is 23.0 Å². The Bertz CT molecular complexity index is 1280. The molecule has 0 aliphatic carbocycles. The monoisotopic (exact) mass is 533 g/mol. The molecule has 0 saturated carbocycles. The fraction of sp³-hybridized carbons (Fsp3) is 0.433. The molecule has 0 saturated heterocycles. The lowest BCUT2D eigenvalue weighted by molar-refractivity contribution is -0.113. The Labute approximate surface area is 230 Å². The second kappa shape index (κ2) is 13.0. The second-order valence-corrected chi connectivity index (χ2v) is 10.8. The van der Waals surface area contributed by atoms with E-state index < -0.39 is 6.04 Å². The molecule has 0 bridgehead atoms. The molecule has 1 atom stereocenters. The summed E-state index contributed by atoms with van der Waals surface area (Å²) in [5, 5.41) is 12.0. The van der Waals surface area contributed by atoms with Crippen LogP contribution in [0.25, 0.3) is 0 Å². The Morgan fingerprint density at radius 1 is 1.05 bits per heavy atom. The van der Waals surface area contributed by atoms with Gasteiger partial charge in [0.2, 0.25) is 11.1 Å². The lowest BCUT2D eigenvalue weighted by Crippen LogP contribution is -2.31. The molecule has 1 unspecified atom stereocenters. The number of benzene rings is 2. The zero-order chi connectivity index (χ0) is 27.1. The first-order valence-electron chi connectivity index (χ1n) is 13.6. The molecule has 202 valence electrons. The normalized spacial score (nSPS) is 14.7. The Kier molecular flexibility index (Phi) is 9.50. The van der Waals surface area contributed by atoms with Crippen molar-refractivity contribution in [3.8, 4) is 5.75 Å². The highest BCUT2D eigenvalue weighted by Gasteiger charge is 2.34. The van der Waals surface area contributed by atoms with Crippen LogP contribution in [0.2, 0.25) is 0 Å². The standard InChI is InChI=1S/C30H39N5O2S/c1-6-8-9-10-18-37-24-16-14-23(15-17-24)27-26(28(36)32-25-13-11-12-20(3)21(25)4)22(5)31-29-33-30(34-35(27)29)38-19-7-2/h11-17,27H,6-10,18-19H2,1-5H3,(H,32,36)(H,31,33,34). The zero-order valence-corrected chi connectivity index (χ0v) is 24.0. The van der Waals surface area contributed by atoms with Crippen LogP contribution in [0, 0.1) is 13.8 Å². The summed E-state index contributed by atoms with van der Waals surface area (Å²) >= 11 is 1.62. The predicted molar refractivity (Wildman–Crippen MR) is 156 cm³/mol. The summed E-state index contributed by atoms with van der Waals surface area (Å²) in [5.41, 5.74) is 5.33. The first-order valence-corrected chi connectivity index (χ1v) is 14.6. The topological polar surface area (TPSA) is 81.1 Å². The number of fused-ring (bicyclic) bond motifs is 1. The Morgan fingerprint density at radius 2 is 1.84 bits per heavy atom. The first kappa shape index (κ1) is 27.8. The molecule has 2 N–H and O–H groups in total. The van der Waals surface area contributed by atoms with Crippen LogP contribution in [0.4, 0.5) is 11.6 Å². The second-order valence-electron chi connectivity index (χ2n) is 9.76. The summed E-state index contributed by atoms with van der Waals surface area (Å²) < 4.78 is 7.81. The molecule has 1 aliphatic rings. The Morgan fingerprint density at radius 3 is 2.58 bits per heavy atom. The van der Waals surface area contributed by atoms with Crippen molar-refractivity contribution in [3.63, 3.8) is 0 Å². The minimum atomic E-state index is -0.418. The van der Waals surface area contributed by atoms with E-state index in [9.17, 15) is 4.79 Å². The smallest absolute Gasteiger partial charge is 0.255 e. The van der Waals surface area contributed by atoms with Gasteiger partial charge in [0.25, 0.3) is 5.91 Å². The minimum absolute atomic E-state index is 0.158. The van der Waals surface area contributed by atoms with Crippen LogP contribution in [0.15, 0.2) is 58.9 Å². The van der Waals surface area contributed by atoms with E-state index in [0.717, 1.165) is 52.4 Å². The lowest BCUT2D eigenvalue weighted by Gasteiger charge is -2.29. The molecular weight excluding hydrogens is 494 g/mol. The number of rotatable bonds is 12. The molecule has 0 radical (unpaired) electrons. The van der Waals surface area contributed by atoms with Crippen LogP contribution in [0.3, 0.4) is 0 Å². The van der Waals surface area contributed by atoms with E-state index in [2.05, 4.69) is 24.5 Å². The van der Waals surface area contributed by atoms with E-state index in [-0.39, 0.29) is 5.91 Å². The van der Waals surface area contributed by atoms with Crippen LogP contribution in [0.1, 0.15) is 75.6 Å². The third kappa shape index (κ3) is 6.41. The highest BCUT2D eigenvalue weighted by molar-refractivity contribution is 7.99. The van der Waals surface area contributed by atoms with Crippen molar-refractivity contribution >= 4 is 29.3 Å². The SMILES string of the molecule is CCCCCCOc1ccc(C2C(C(=O)Nc3cccc(C)c3C)=C(C)Nc3nc(SCCC)nn32)cc1. The van der Waals surface area contributed by atoms with Crippen LogP contribution in [-0.4, -0.2) is 33.0 Å². The van der Waals surface area contributed by atoms with Gasteiger partial charge in [0.05, 0.1) is 12.2 Å². The molecule has 0 fully saturated rings. The molecule has 2 heterocycles. The molecule has 1 amide bonds. The van der Waals surface area contributed by atoms with Crippen LogP contribution in [0.5, 0.6) is 5.75 Å². The van der Waals surface area contributed by atoms with Gasteiger partial charge in [0.1, 0.15) is 11.8 Å². The van der Waals surface area contributed by atoms with Gasteiger partial charge in [0.15, 0.2) is 0 Å². The summed E-state index contributed by atoms with van der Waals surface area (Å²) in [5.74, 6) is 2.25. The molecular formula is C30H39N5O2S. The number of unbranched alkanes of at least 4 members (excludes halogenated alkanes) is 3. The summed E-state index contributed by atoms with van der Waals surface area (Å²) in [6.07, 6.45) is 5.71. The highest BCUT2D eigenvalue weighted by Crippen LogP contribution is 2.37. The Balaban J connectivity index is 1.64. The van der Waals surface area contributed by atoms with Crippen molar-refractivity contribution in [3.05, 3.63) is 70.4 Å². The van der Waals surface area contributed by atoms with Crippen LogP contribution >= 0.6 is 11.8 Å². The fourth-order valence-corrected chi connectivity index (χ4v) is 5.21. The number of amides is 1. The quantitative estimate of drug-likeness (QED) is 0.188. The number of allylic oxidation sites excluding steroid dienone is 1. The number of anilines is 2. The predicted octanol–water partition coefficient (Wildman–Crippen LogP) is 7.28. The highest BCUT2D eigenvalue weighted by atomic mass is 32.2. The maximum atomic E-state index is 13.8. The number of carbonyl (C=O) groups is 1. The van der Waals surface area contributed by atoms with Crippen molar-refractivity contribution in [2.24, 2.45) is 0 Å². The molecule has 8 heteroatoms. The first-order chi connectivity index (χ1) is 18.4. The molecule has 3 aromatic rings. The molecule has 38 heavy (non-hydrogen) atoms. The van der Waals surface area contributed by atoms with Crippen LogP contribution < -0.4 is 15.4 Å². The molecule has 4 rings (SSSR count). The van der Waals surface area contributed by atoms with E-state index in [4.69, 9.17) is 14.8 Å². The van der Waals surface area contributed by atoms with E-state index in [1.54, 1.807) is 11.8 Å².